The molecule has 1 aliphatic rings. The molecule has 6 heteroatoms. The summed E-state index contributed by atoms with van der Waals surface area (Å²) in [7, 11) is 0. The van der Waals surface area contributed by atoms with Crippen LogP contribution in [0.1, 0.15) is 51.0 Å². The van der Waals surface area contributed by atoms with E-state index in [2.05, 4.69) is 34.7 Å². The second-order valence-electron chi connectivity index (χ2n) is 5.22. The number of carbonyl (C=O) groups excluding carboxylic acids is 1. The van der Waals surface area contributed by atoms with Crippen molar-refractivity contribution >= 4 is 22.5 Å². The summed E-state index contributed by atoms with van der Waals surface area (Å²) in [5, 5.41) is 15.4. The van der Waals surface area contributed by atoms with E-state index in [1.807, 2.05) is 0 Å². The number of carbonyl (C=O) groups is 1. The average molecular weight is 282 g/mol. The van der Waals surface area contributed by atoms with E-state index in [1.165, 1.54) is 30.6 Å². The van der Waals surface area contributed by atoms with Crippen LogP contribution in [-0.2, 0) is 6.42 Å². The molecule has 2 amide bonds. The Morgan fingerprint density at radius 1 is 1.37 bits per heavy atom. The lowest BCUT2D eigenvalue weighted by atomic mass is 9.86. The summed E-state index contributed by atoms with van der Waals surface area (Å²) >= 11 is 1.45. The lowest BCUT2D eigenvalue weighted by Crippen LogP contribution is -2.43. The van der Waals surface area contributed by atoms with Crippen molar-refractivity contribution in [1.29, 1.82) is 0 Å². The Morgan fingerprint density at radius 2 is 2.16 bits per heavy atom. The van der Waals surface area contributed by atoms with Crippen LogP contribution < -0.4 is 10.6 Å². The van der Waals surface area contributed by atoms with Gasteiger partial charge in [0, 0.05) is 12.5 Å². The summed E-state index contributed by atoms with van der Waals surface area (Å²) in [6, 6.07) is 0.134. The maximum atomic E-state index is 11.9. The van der Waals surface area contributed by atoms with Gasteiger partial charge in [-0.15, -0.1) is 10.2 Å². The molecule has 106 valence electrons. The Hall–Kier alpha value is -1.17. The topological polar surface area (TPSA) is 66.9 Å². The van der Waals surface area contributed by atoms with Crippen LogP contribution in [0.4, 0.5) is 9.93 Å². The van der Waals surface area contributed by atoms with Gasteiger partial charge in [0.25, 0.3) is 0 Å². The minimum atomic E-state index is -0.155. The normalized spacial score (nSPS) is 23.1. The first-order valence-corrected chi connectivity index (χ1v) is 7.90. The molecule has 0 aliphatic heterocycles. The molecule has 0 radical (unpaired) electrons. The maximum Gasteiger partial charge on any atom is 0.321 e. The third-order valence-electron chi connectivity index (χ3n) is 3.58. The number of urea groups is 1. The van der Waals surface area contributed by atoms with Crippen LogP contribution in [0.5, 0.6) is 0 Å². The largest absolute Gasteiger partial charge is 0.335 e. The van der Waals surface area contributed by atoms with E-state index >= 15 is 0 Å². The van der Waals surface area contributed by atoms with Gasteiger partial charge in [-0.2, -0.15) is 0 Å². The van der Waals surface area contributed by atoms with Crippen LogP contribution >= 0.6 is 11.3 Å². The summed E-state index contributed by atoms with van der Waals surface area (Å²) in [5.41, 5.74) is 0. The molecule has 1 heterocycles. The van der Waals surface area contributed by atoms with Gasteiger partial charge in [-0.1, -0.05) is 38.0 Å². The zero-order valence-electron chi connectivity index (χ0n) is 11.6. The number of aryl methyl sites for hydroxylation is 1. The average Bonchev–Trinajstić information content (AvgIpc) is 2.80. The summed E-state index contributed by atoms with van der Waals surface area (Å²) in [4.78, 5) is 11.9. The summed E-state index contributed by atoms with van der Waals surface area (Å²) < 4.78 is 0. The molecule has 5 nitrogen and oxygen atoms in total. The van der Waals surface area contributed by atoms with Gasteiger partial charge in [-0.25, -0.2) is 4.79 Å². The van der Waals surface area contributed by atoms with Crippen molar-refractivity contribution in [2.75, 3.05) is 5.32 Å². The van der Waals surface area contributed by atoms with Gasteiger partial charge in [0.15, 0.2) is 0 Å². The minimum Gasteiger partial charge on any atom is -0.335 e. The highest BCUT2D eigenvalue weighted by atomic mass is 32.1. The first-order valence-electron chi connectivity index (χ1n) is 7.09. The highest BCUT2D eigenvalue weighted by Crippen LogP contribution is 2.24. The molecule has 0 spiro atoms. The lowest BCUT2D eigenvalue weighted by Gasteiger charge is -2.29. The summed E-state index contributed by atoms with van der Waals surface area (Å²) in [6.45, 7) is 4.31. The standard InChI is InChI=1S/C13H22N4OS/c1-3-6-11-16-17-13(19-11)15-12(18)14-10-8-5-4-7-9(10)2/h9-10H,3-8H2,1-2H3,(H2,14,15,17,18)/t9-,10-/m0/s1. The van der Waals surface area contributed by atoms with Crippen molar-refractivity contribution in [3.05, 3.63) is 5.01 Å². The Morgan fingerprint density at radius 3 is 2.89 bits per heavy atom. The van der Waals surface area contributed by atoms with Crippen LogP contribution in [0, 0.1) is 5.92 Å². The molecule has 0 bridgehead atoms. The van der Waals surface area contributed by atoms with Crippen LogP contribution in [0.3, 0.4) is 0 Å². The molecule has 1 saturated carbocycles. The van der Waals surface area contributed by atoms with Crippen molar-refractivity contribution in [1.82, 2.24) is 15.5 Å². The van der Waals surface area contributed by atoms with Gasteiger partial charge in [0.05, 0.1) is 0 Å². The van der Waals surface area contributed by atoms with E-state index in [0.717, 1.165) is 24.3 Å². The number of anilines is 1. The fourth-order valence-corrected chi connectivity index (χ4v) is 3.29. The van der Waals surface area contributed by atoms with Gasteiger partial charge in [0.1, 0.15) is 5.01 Å². The van der Waals surface area contributed by atoms with Gasteiger partial charge >= 0.3 is 6.03 Å². The van der Waals surface area contributed by atoms with E-state index in [4.69, 9.17) is 0 Å². The molecule has 19 heavy (non-hydrogen) atoms. The number of hydrogen-bond donors (Lipinski definition) is 2. The zero-order chi connectivity index (χ0) is 13.7. The van der Waals surface area contributed by atoms with Crippen LogP contribution in [0.2, 0.25) is 0 Å². The Balaban J connectivity index is 1.82. The minimum absolute atomic E-state index is 0.155. The molecule has 0 aromatic carbocycles. The molecule has 1 aliphatic carbocycles. The number of nitrogens with one attached hydrogen (secondary N) is 2. The first kappa shape index (κ1) is 14.2. The van der Waals surface area contributed by atoms with Crippen LogP contribution in [-0.4, -0.2) is 22.3 Å². The van der Waals surface area contributed by atoms with Gasteiger partial charge in [-0.3, -0.25) is 5.32 Å². The Bertz CT molecular complexity index is 421. The fourth-order valence-electron chi connectivity index (χ4n) is 2.45. The van der Waals surface area contributed by atoms with Crippen molar-refractivity contribution in [2.24, 2.45) is 5.92 Å². The quantitative estimate of drug-likeness (QED) is 0.891. The van der Waals surface area contributed by atoms with Crippen LogP contribution in [0.25, 0.3) is 0 Å². The van der Waals surface area contributed by atoms with E-state index in [0.29, 0.717) is 11.0 Å². The molecule has 1 aromatic heterocycles. The second-order valence-corrected chi connectivity index (χ2v) is 6.28. The molecule has 2 N–H and O–H groups in total. The third-order valence-corrected chi connectivity index (χ3v) is 4.48. The van der Waals surface area contributed by atoms with E-state index < -0.39 is 0 Å². The number of hydrogen-bond acceptors (Lipinski definition) is 4. The number of aromatic nitrogens is 2. The zero-order valence-corrected chi connectivity index (χ0v) is 12.4. The van der Waals surface area contributed by atoms with E-state index in [-0.39, 0.29) is 12.1 Å². The van der Waals surface area contributed by atoms with E-state index in [9.17, 15) is 4.79 Å². The number of nitrogens with zero attached hydrogens (tertiary/aromatic N) is 2. The highest BCUT2D eigenvalue weighted by molar-refractivity contribution is 7.15. The van der Waals surface area contributed by atoms with Crippen LogP contribution in [0.15, 0.2) is 0 Å². The third kappa shape index (κ3) is 4.16. The SMILES string of the molecule is CCCc1nnc(NC(=O)N[C@H]2CCCC[C@@H]2C)s1. The van der Waals surface area contributed by atoms with Gasteiger partial charge in [-0.05, 0) is 25.2 Å². The van der Waals surface area contributed by atoms with Crippen molar-refractivity contribution < 1.29 is 4.79 Å². The number of rotatable bonds is 4. The molecule has 2 rings (SSSR count). The summed E-state index contributed by atoms with van der Waals surface area (Å²) in [6.07, 6.45) is 6.71. The predicted octanol–water partition coefficient (Wildman–Crippen LogP) is 3.19. The van der Waals surface area contributed by atoms with Gasteiger partial charge < -0.3 is 5.32 Å². The molecule has 0 unspecified atom stereocenters. The monoisotopic (exact) mass is 282 g/mol. The van der Waals surface area contributed by atoms with Gasteiger partial charge in [0.2, 0.25) is 5.13 Å². The molecular weight excluding hydrogens is 260 g/mol. The van der Waals surface area contributed by atoms with Crippen molar-refractivity contribution in [3.63, 3.8) is 0 Å². The van der Waals surface area contributed by atoms with Crippen molar-refractivity contribution in [2.45, 2.75) is 58.4 Å². The Kier molecular flexibility index (Phi) is 5.13. The smallest absolute Gasteiger partial charge is 0.321 e. The molecule has 1 fully saturated rings. The number of amides is 2. The molecule has 0 saturated heterocycles. The maximum absolute atomic E-state index is 11.9. The molecular formula is C13H22N4OS. The van der Waals surface area contributed by atoms with E-state index in [1.54, 1.807) is 0 Å². The lowest BCUT2D eigenvalue weighted by molar-refractivity contribution is 0.232. The fraction of sp³-hybridized carbons (Fsp3) is 0.769. The Labute approximate surface area is 118 Å². The molecule has 2 atom stereocenters. The summed E-state index contributed by atoms with van der Waals surface area (Å²) in [5.74, 6) is 0.560. The first-order chi connectivity index (χ1) is 9.19. The predicted molar refractivity (Wildman–Crippen MR) is 77.5 cm³/mol. The molecule has 1 aromatic rings. The highest BCUT2D eigenvalue weighted by Gasteiger charge is 2.23. The van der Waals surface area contributed by atoms with Crippen molar-refractivity contribution in [3.8, 4) is 0 Å². The second kappa shape index (κ2) is 6.84.